The van der Waals surface area contributed by atoms with Crippen LogP contribution in [0.1, 0.15) is 29.6 Å². The lowest BCUT2D eigenvalue weighted by molar-refractivity contribution is 0.0911. The summed E-state index contributed by atoms with van der Waals surface area (Å²) in [6, 6.07) is 4.37. The molecule has 98 valence electrons. The minimum atomic E-state index is -0.503. The summed E-state index contributed by atoms with van der Waals surface area (Å²) in [7, 11) is 1.48. The van der Waals surface area contributed by atoms with Crippen molar-refractivity contribution in [2.75, 3.05) is 26.7 Å². The minimum absolute atomic E-state index is 0.154. The van der Waals surface area contributed by atoms with Gasteiger partial charge in [-0.15, -0.1) is 0 Å². The number of benzene rings is 1. The highest BCUT2D eigenvalue weighted by Crippen LogP contribution is 2.17. The Kier molecular flexibility index (Phi) is 4.31. The second-order valence-corrected chi connectivity index (χ2v) is 4.61. The second kappa shape index (κ2) is 5.96. The van der Waals surface area contributed by atoms with Gasteiger partial charge >= 0.3 is 0 Å². The van der Waals surface area contributed by atoms with Crippen molar-refractivity contribution in [1.82, 2.24) is 4.90 Å². The fourth-order valence-corrected chi connectivity index (χ4v) is 2.25. The van der Waals surface area contributed by atoms with Gasteiger partial charge in [-0.2, -0.15) is 0 Å². The van der Waals surface area contributed by atoms with Crippen LogP contribution in [0.4, 0.5) is 4.39 Å². The van der Waals surface area contributed by atoms with Crippen molar-refractivity contribution in [3.63, 3.8) is 0 Å². The molecule has 2 rings (SSSR count). The molecule has 0 amide bonds. The number of hydrogen-bond acceptors (Lipinski definition) is 3. The summed E-state index contributed by atoms with van der Waals surface area (Å²) >= 11 is 0. The molecular formula is C14H18FNO2. The molecule has 0 unspecified atom stereocenters. The number of likely N-dealkylation sites (tertiary alicyclic amines) is 1. The molecule has 0 N–H and O–H groups in total. The lowest BCUT2D eigenvalue weighted by atomic mass is 10.1. The van der Waals surface area contributed by atoms with Crippen LogP contribution in [-0.2, 0) is 0 Å². The first kappa shape index (κ1) is 13.0. The van der Waals surface area contributed by atoms with Crippen molar-refractivity contribution in [3.8, 4) is 5.75 Å². The van der Waals surface area contributed by atoms with Gasteiger partial charge in [0.25, 0.3) is 0 Å². The number of rotatable bonds is 4. The van der Waals surface area contributed by atoms with Crippen LogP contribution in [0.2, 0.25) is 0 Å². The van der Waals surface area contributed by atoms with E-state index >= 15 is 0 Å². The van der Waals surface area contributed by atoms with E-state index in [1.807, 2.05) is 0 Å². The Balaban J connectivity index is 2.03. The third-order valence-electron chi connectivity index (χ3n) is 3.29. The van der Waals surface area contributed by atoms with Gasteiger partial charge in [-0.3, -0.25) is 9.69 Å². The Morgan fingerprint density at radius 1 is 1.33 bits per heavy atom. The van der Waals surface area contributed by atoms with Crippen LogP contribution in [-0.4, -0.2) is 37.4 Å². The molecule has 0 aliphatic carbocycles. The van der Waals surface area contributed by atoms with E-state index in [0.29, 0.717) is 12.3 Å². The van der Waals surface area contributed by atoms with Crippen LogP contribution in [0.5, 0.6) is 5.75 Å². The van der Waals surface area contributed by atoms with E-state index in [1.54, 1.807) is 6.07 Å². The Bertz CT molecular complexity index is 428. The predicted octanol–water partition coefficient (Wildman–Crippen LogP) is 2.50. The Morgan fingerprint density at radius 3 is 2.67 bits per heavy atom. The average Bonchev–Trinajstić information content (AvgIpc) is 2.39. The lowest BCUT2D eigenvalue weighted by Crippen LogP contribution is -2.34. The number of methoxy groups -OCH3 is 1. The maximum atomic E-state index is 13.7. The summed E-state index contributed by atoms with van der Waals surface area (Å²) in [5.74, 6) is -0.226. The largest absolute Gasteiger partial charge is 0.497 e. The molecule has 0 spiro atoms. The number of piperidine rings is 1. The number of Topliss-reactive ketones (excluding diaryl/α,β-unsaturated/α-hetero) is 1. The maximum Gasteiger partial charge on any atom is 0.179 e. The number of ether oxygens (including phenoxy) is 1. The maximum absolute atomic E-state index is 13.7. The average molecular weight is 251 g/mol. The normalized spacial score (nSPS) is 16.6. The van der Waals surface area contributed by atoms with Crippen LogP contribution in [0.15, 0.2) is 18.2 Å². The van der Waals surface area contributed by atoms with E-state index in [9.17, 15) is 9.18 Å². The van der Waals surface area contributed by atoms with E-state index in [1.165, 1.54) is 25.7 Å². The third kappa shape index (κ3) is 3.07. The fourth-order valence-electron chi connectivity index (χ4n) is 2.25. The number of carbonyl (C=O) groups excluding carboxylic acids is 1. The zero-order valence-electron chi connectivity index (χ0n) is 10.6. The van der Waals surface area contributed by atoms with E-state index in [4.69, 9.17) is 4.74 Å². The second-order valence-electron chi connectivity index (χ2n) is 4.61. The molecule has 3 nitrogen and oxygen atoms in total. The first-order valence-corrected chi connectivity index (χ1v) is 6.30. The van der Waals surface area contributed by atoms with Crippen molar-refractivity contribution >= 4 is 5.78 Å². The Labute approximate surface area is 107 Å². The quantitative estimate of drug-likeness (QED) is 0.770. The number of halogens is 1. The van der Waals surface area contributed by atoms with E-state index in [2.05, 4.69) is 4.90 Å². The van der Waals surface area contributed by atoms with Crippen molar-refractivity contribution < 1.29 is 13.9 Å². The zero-order valence-corrected chi connectivity index (χ0v) is 10.6. The molecule has 1 aromatic carbocycles. The van der Waals surface area contributed by atoms with Crippen LogP contribution in [0.25, 0.3) is 0 Å². The molecule has 4 heteroatoms. The highest BCUT2D eigenvalue weighted by molar-refractivity contribution is 5.98. The van der Waals surface area contributed by atoms with Gasteiger partial charge in [0, 0.05) is 6.07 Å². The SMILES string of the molecule is COc1ccc(C(=O)CN2CCCCC2)c(F)c1. The summed E-state index contributed by atoms with van der Waals surface area (Å²) in [6.45, 7) is 2.18. The Hall–Kier alpha value is -1.42. The van der Waals surface area contributed by atoms with Crippen LogP contribution >= 0.6 is 0 Å². The zero-order chi connectivity index (χ0) is 13.0. The van der Waals surface area contributed by atoms with E-state index in [0.717, 1.165) is 25.9 Å². The highest BCUT2D eigenvalue weighted by atomic mass is 19.1. The molecule has 0 saturated carbocycles. The van der Waals surface area contributed by atoms with Crippen molar-refractivity contribution in [1.29, 1.82) is 0 Å². The highest BCUT2D eigenvalue weighted by Gasteiger charge is 2.17. The van der Waals surface area contributed by atoms with Gasteiger partial charge in [-0.1, -0.05) is 6.42 Å². The first-order chi connectivity index (χ1) is 8.70. The monoisotopic (exact) mass is 251 g/mol. The molecule has 0 aromatic heterocycles. The predicted molar refractivity (Wildman–Crippen MR) is 67.6 cm³/mol. The molecule has 1 heterocycles. The molecular weight excluding hydrogens is 233 g/mol. The van der Waals surface area contributed by atoms with Gasteiger partial charge < -0.3 is 4.74 Å². The number of nitrogens with zero attached hydrogens (tertiary/aromatic N) is 1. The van der Waals surface area contributed by atoms with E-state index < -0.39 is 5.82 Å². The van der Waals surface area contributed by atoms with Crippen LogP contribution in [0, 0.1) is 5.82 Å². The summed E-state index contributed by atoms with van der Waals surface area (Å²) in [5, 5.41) is 0. The van der Waals surface area contributed by atoms with Gasteiger partial charge in [0.05, 0.1) is 19.2 Å². The van der Waals surface area contributed by atoms with Crippen molar-refractivity contribution in [3.05, 3.63) is 29.6 Å². The summed E-state index contributed by atoms with van der Waals surface area (Å²) in [6.07, 6.45) is 3.47. The molecule has 18 heavy (non-hydrogen) atoms. The topological polar surface area (TPSA) is 29.5 Å². The molecule has 1 saturated heterocycles. The standard InChI is InChI=1S/C14H18FNO2/c1-18-11-5-6-12(13(15)9-11)14(17)10-16-7-3-2-4-8-16/h5-6,9H,2-4,7-8,10H2,1H3. The van der Waals surface area contributed by atoms with Gasteiger partial charge in [0.2, 0.25) is 0 Å². The number of ketones is 1. The molecule has 1 aliphatic rings. The molecule has 1 aromatic rings. The third-order valence-corrected chi connectivity index (χ3v) is 3.29. The Morgan fingerprint density at radius 2 is 2.06 bits per heavy atom. The van der Waals surface area contributed by atoms with Gasteiger partial charge in [0.1, 0.15) is 11.6 Å². The first-order valence-electron chi connectivity index (χ1n) is 6.30. The summed E-state index contributed by atoms with van der Waals surface area (Å²) in [4.78, 5) is 14.1. The van der Waals surface area contributed by atoms with Crippen molar-refractivity contribution in [2.45, 2.75) is 19.3 Å². The lowest BCUT2D eigenvalue weighted by Gasteiger charge is -2.25. The van der Waals surface area contributed by atoms with Crippen molar-refractivity contribution in [2.24, 2.45) is 0 Å². The summed E-state index contributed by atoms with van der Waals surface area (Å²) < 4.78 is 18.6. The molecule has 1 aliphatic heterocycles. The molecule has 0 bridgehead atoms. The number of carbonyl (C=O) groups is 1. The molecule has 1 fully saturated rings. The molecule has 0 atom stereocenters. The van der Waals surface area contributed by atoms with E-state index in [-0.39, 0.29) is 11.3 Å². The van der Waals surface area contributed by atoms with Gasteiger partial charge in [-0.05, 0) is 38.1 Å². The van der Waals surface area contributed by atoms with Crippen LogP contribution < -0.4 is 4.74 Å². The smallest absolute Gasteiger partial charge is 0.179 e. The van der Waals surface area contributed by atoms with Gasteiger partial charge in [-0.25, -0.2) is 4.39 Å². The number of hydrogen-bond donors (Lipinski definition) is 0. The fraction of sp³-hybridized carbons (Fsp3) is 0.500. The van der Waals surface area contributed by atoms with Gasteiger partial charge in [0.15, 0.2) is 5.78 Å². The minimum Gasteiger partial charge on any atom is -0.497 e. The summed E-state index contributed by atoms with van der Waals surface area (Å²) in [5.41, 5.74) is 0.154. The van der Waals surface area contributed by atoms with Crippen LogP contribution in [0.3, 0.4) is 0 Å². The molecule has 0 radical (unpaired) electrons.